The molecule has 0 bridgehead atoms. The minimum atomic E-state index is -3.99. The Morgan fingerprint density at radius 1 is 1.48 bits per heavy atom. The first-order valence-corrected chi connectivity index (χ1v) is 8.18. The molecule has 1 aromatic carbocycles. The van der Waals surface area contributed by atoms with Crippen LogP contribution in [-0.2, 0) is 14.8 Å². The smallest absolute Gasteiger partial charge is 0.324 e. The van der Waals surface area contributed by atoms with Crippen LogP contribution in [0.5, 0.6) is 5.75 Å². The minimum absolute atomic E-state index is 0.0959. The number of aliphatic carboxylic acids is 1. The molecule has 1 fully saturated rings. The summed E-state index contributed by atoms with van der Waals surface area (Å²) in [5.41, 5.74) is -1.51. The Hall–Kier alpha value is -1.31. The maximum Gasteiger partial charge on any atom is 0.324 e. The van der Waals surface area contributed by atoms with E-state index in [1.807, 2.05) is 0 Å². The molecule has 0 spiro atoms. The zero-order valence-corrected chi connectivity index (χ0v) is 13.2. The van der Waals surface area contributed by atoms with Gasteiger partial charge in [-0.25, -0.2) is 8.42 Å². The third-order valence-electron chi connectivity index (χ3n) is 3.62. The van der Waals surface area contributed by atoms with E-state index in [0.29, 0.717) is 18.6 Å². The van der Waals surface area contributed by atoms with Crippen molar-refractivity contribution >= 4 is 27.6 Å². The molecule has 2 rings (SSSR count). The Morgan fingerprint density at radius 2 is 2.10 bits per heavy atom. The lowest BCUT2D eigenvalue weighted by Gasteiger charge is -2.25. The maximum absolute atomic E-state index is 12.4. The number of nitrogens with one attached hydrogen (secondary N) is 1. The lowest BCUT2D eigenvalue weighted by molar-refractivity contribution is -0.144. The molecule has 8 heteroatoms. The number of hydrogen-bond donors (Lipinski definition) is 2. The fourth-order valence-electron chi connectivity index (χ4n) is 2.11. The van der Waals surface area contributed by atoms with Crippen LogP contribution in [0.4, 0.5) is 0 Å². The monoisotopic (exact) mass is 333 g/mol. The summed E-state index contributed by atoms with van der Waals surface area (Å²) in [5.74, 6) is -1.04. The van der Waals surface area contributed by atoms with E-state index in [9.17, 15) is 18.3 Å². The number of benzene rings is 1. The van der Waals surface area contributed by atoms with Crippen LogP contribution in [0.2, 0.25) is 5.02 Å². The molecule has 1 saturated carbocycles. The van der Waals surface area contributed by atoms with E-state index in [4.69, 9.17) is 16.3 Å². The fourth-order valence-corrected chi connectivity index (χ4v) is 3.89. The van der Waals surface area contributed by atoms with Gasteiger partial charge in [0.15, 0.2) is 0 Å². The van der Waals surface area contributed by atoms with Crippen LogP contribution < -0.4 is 9.46 Å². The van der Waals surface area contributed by atoms with Crippen LogP contribution in [0.15, 0.2) is 23.1 Å². The largest absolute Gasteiger partial charge is 0.495 e. The number of hydrogen-bond acceptors (Lipinski definition) is 4. The topological polar surface area (TPSA) is 92.7 Å². The van der Waals surface area contributed by atoms with Crippen molar-refractivity contribution in [2.24, 2.45) is 5.92 Å². The second-order valence-corrected chi connectivity index (χ2v) is 7.27. The number of carbonyl (C=O) groups is 1. The van der Waals surface area contributed by atoms with E-state index in [0.717, 1.165) is 0 Å². The van der Waals surface area contributed by atoms with E-state index in [2.05, 4.69) is 4.72 Å². The van der Waals surface area contributed by atoms with Gasteiger partial charge < -0.3 is 9.84 Å². The Kier molecular flexibility index (Phi) is 4.19. The summed E-state index contributed by atoms with van der Waals surface area (Å²) in [4.78, 5) is 11.3. The summed E-state index contributed by atoms with van der Waals surface area (Å²) < 4.78 is 32.0. The molecule has 21 heavy (non-hydrogen) atoms. The molecular weight excluding hydrogens is 318 g/mol. The fraction of sp³-hybridized carbons (Fsp3) is 0.462. The molecule has 2 N–H and O–H groups in total. The Balaban J connectivity index is 2.34. The van der Waals surface area contributed by atoms with Gasteiger partial charge in [-0.3, -0.25) is 4.79 Å². The van der Waals surface area contributed by atoms with E-state index in [1.165, 1.54) is 32.2 Å². The van der Waals surface area contributed by atoms with Crippen LogP contribution in [0.1, 0.15) is 19.8 Å². The van der Waals surface area contributed by atoms with Gasteiger partial charge in [-0.1, -0.05) is 11.6 Å². The van der Waals surface area contributed by atoms with E-state index in [-0.39, 0.29) is 15.8 Å². The average molecular weight is 334 g/mol. The molecule has 1 aliphatic rings. The van der Waals surface area contributed by atoms with Crippen LogP contribution in [0.25, 0.3) is 0 Å². The summed E-state index contributed by atoms with van der Waals surface area (Å²) in [6, 6.07) is 3.98. The number of rotatable bonds is 6. The second-order valence-electron chi connectivity index (χ2n) is 5.18. The lowest BCUT2D eigenvalue weighted by atomic mass is 9.98. The molecule has 1 unspecified atom stereocenters. The van der Waals surface area contributed by atoms with Gasteiger partial charge in [-0.2, -0.15) is 4.72 Å². The summed E-state index contributed by atoms with van der Waals surface area (Å²) in [6.45, 7) is 1.38. The third-order valence-corrected chi connectivity index (χ3v) is 5.48. The normalized spacial score (nSPS) is 18.0. The Bertz CT molecular complexity index is 671. The molecule has 0 aliphatic heterocycles. The van der Waals surface area contributed by atoms with Crippen LogP contribution >= 0.6 is 11.6 Å². The first-order valence-electron chi connectivity index (χ1n) is 6.31. The molecule has 0 amide bonds. The molecule has 0 heterocycles. The van der Waals surface area contributed by atoms with Crippen molar-refractivity contribution in [3.8, 4) is 5.75 Å². The van der Waals surface area contributed by atoms with Gasteiger partial charge >= 0.3 is 5.97 Å². The minimum Gasteiger partial charge on any atom is -0.495 e. The molecule has 6 nitrogen and oxygen atoms in total. The highest BCUT2D eigenvalue weighted by atomic mass is 35.5. The zero-order chi connectivity index (χ0) is 15.8. The van der Waals surface area contributed by atoms with Crippen molar-refractivity contribution in [1.29, 1.82) is 0 Å². The van der Waals surface area contributed by atoms with Crippen LogP contribution in [-0.4, -0.2) is 32.1 Å². The van der Waals surface area contributed by atoms with Gasteiger partial charge in [0.1, 0.15) is 11.3 Å². The van der Waals surface area contributed by atoms with Crippen molar-refractivity contribution in [2.75, 3.05) is 7.11 Å². The predicted octanol–water partition coefficient (Wildman–Crippen LogP) is 1.88. The lowest BCUT2D eigenvalue weighted by Crippen LogP contribution is -2.53. The molecule has 0 aromatic heterocycles. The molecule has 1 atom stereocenters. The van der Waals surface area contributed by atoms with Gasteiger partial charge in [-0.05, 0) is 43.9 Å². The summed E-state index contributed by atoms with van der Waals surface area (Å²) in [6.07, 6.45) is 1.38. The molecule has 116 valence electrons. The third kappa shape index (κ3) is 3.14. The summed E-state index contributed by atoms with van der Waals surface area (Å²) >= 11 is 5.91. The Labute approximate surface area is 128 Å². The van der Waals surface area contributed by atoms with Crippen molar-refractivity contribution in [2.45, 2.75) is 30.2 Å². The quantitative estimate of drug-likeness (QED) is 0.829. The number of halogens is 1. The summed E-state index contributed by atoms with van der Waals surface area (Å²) in [7, 11) is -2.57. The van der Waals surface area contributed by atoms with Crippen molar-refractivity contribution < 1.29 is 23.1 Å². The van der Waals surface area contributed by atoms with E-state index >= 15 is 0 Å². The van der Waals surface area contributed by atoms with Gasteiger partial charge in [0, 0.05) is 0 Å². The van der Waals surface area contributed by atoms with Crippen molar-refractivity contribution in [3.05, 3.63) is 23.2 Å². The molecule has 0 saturated heterocycles. The number of carboxylic acid groups (broad SMARTS) is 1. The SMILES string of the molecule is COc1ccc(S(=O)(=O)NC(C)(C(=O)O)C2CC2)cc1Cl. The number of sulfonamides is 1. The van der Waals surface area contributed by atoms with Gasteiger partial charge in [0.2, 0.25) is 10.0 Å². The second kappa shape index (κ2) is 5.47. The van der Waals surface area contributed by atoms with Gasteiger partial charge in [-0.15, -0.1) is 0 Å². The summed E-state index contributed by atoms with van der Waals surface area (Å²) in [5, 5.41) is 9.46. The highest BCUT2D eigenvalue weighted by molar-refractivity contribution is 7.89. The predicted molar refractivity (Wildman–Crippen MR) is 77.1 cm³/mol. The first-order chi connectivity index (χ1) is 9.70. The van der Waals surface area contributed by atoms with E-state index in [1.54, 1.807) is 0 Å². The number of methoxy groups -OCH3 is 1. The highest BCUT2D eigenvalue weighted by Crippen LogP contribution is 2.40. The number of ether oxygens (including phenoxy) is 1. The average Bonchev–Trinajstić information content (AvgIpc) is 3.22. The Morgan fingerprint density at radius 3 is 2.52 bits per heavy atom. The van der Waals surface area contributed by atoms with Crippen molar-refractivity contribution in [3.63, 3.8) is 0 Å². The molecule has 1 aromatic rings. The maximum atomic E-state index is 12.4. The van der Waals surface area contributed by atoms with E-state index < -0.39 is 21.5 Å². The number of carboxylic acids is 1. The standard InChI is InChI=1S/C13H16ClNO5S/c1-13(12(16)17,8-3-4-8)15-21(18,19)9-5-6-11(20-2)10(14)7-9/h5-8,15H,3-4H2,1-2H3,(H,16,17). The molecular formula is C13H16ClNO5S. The van der Waals surface area contributed by atoms with Crippen LogP contribution in [0.3, 0.4) is 0 Å². The van der Waals surface area contributed by atoms with Crippen molar-refractivity contribution in [1.82, 2.24) is 4.72 Å². The van der Waals surface area contributed by atoms with Crippen LogP contribution in [0, 0.1) is 5.92 Å². The highest BCUT2D eigenvalue weighted by Gasteiger charge is 2.50. The van der Waals surface area contributed by atoms with Gasteiger partial charge in [0.05, 0.1) is 17.0 Å². The van der Waals surface area contributed by atoms with Gasteiger partial charge in [0.25, 0.3) is 0 Å². The molecule has 1 aliphatic carbocycles. The molecule has 0 radical (unpaired) electrons. The zero-order valence-electron chi connectivity index (χ0n) is 11.6. The first kappa shape index (κ1) is 16.1.